The van der Waals surface area contributed by atoms with E-state index in [1.807, 2.05) is 0 Å². The van der Waals surface area contributed by atoms with Crippen molar-refractivity contribution < 1.29 is 82.4 Å². The van der Waals surface area contributed by atoms with E-state index in [1.165, 1.54) is 55.9 Å². The maximum absolute atomic E-state index is 14.9. The van der Waals surface area contributed by atoms with Crippen LogP contribution in [0.1, 0.15) is 101 Å². The fourth-order valence-corrected chi connectivity index (χ4v) is 11.3. The second kappa shape index (κ2) is 40.0. The number of aromatic hydroxyl groups is 1. The molecule has 0 saturated heterocycles. The van der Waals surface area contributed by atoms with Crippen LogP contribution in [0.2, 0.25) is 0 Å². The average molecular weight is 1460 g/mol. The lowest BCUT2D eigenvalue weighted by molar-refractivity contribution is -0.142. The third-order valence-electron chi connectivity index (χ3n) is 16.9. The average Bonchev–Trinajstić information content (AvgIpc) is 1.73. The van der Waals surface area contributed by atoms with Gasteiger partial charge in [-0.25, -0.2) is 0 Å². The maximum atomic E-state index is 14.9. The molecule has 13 amide bonds. The van der Waals surface area contributed by atoms with E-state index in [-0.39, 0.29) is 75.9 Å². The van der Waals surface area contributed by atoms with Gasteiger partial charge in [-0.05, 0) is 86.3 Å². The van der Waals surface area contributed by atoms with Gasteiger partial charge in [0.1, 0.15) is 72.2 Å². The second-order valence-corrected chi connectivity index (χ2v) is 25.7. The summed E-state index contributed by atoms with van der Waals surface area (Å²) < 4.78 is 1.37. The molecule has 105 heavy (non-hydrogen) atoms. The molecule has 23 N–H and O–H groups in total. The minimum Gasteiger partial charge on any atom is -0.508 e. The van der Waals surface area contributed by atoms with Gasteiger partial charge in [0.05, 0.1) is 18.7 Å². The molecule has 2 aromatic heterocycles. The van der Waals surface area contributed by atoms with Crippen LogP contribution in [0.15, 0.2) is 91.3 Å². The quantitative estimate of drug-likeness (QED) is 0.0113. The smallest absolute Gasteiger partial charge is 0.305 e. The number of phenolic OH excluding ortho intramolecular Hbond substituents is 1. The number of phenols is 1. The number of aliphatic carboxylic acids is 1. The third-order valence-corrected chi connectivity index (χ3v) is 16.9. The number of hydrogen-bond donors (Lipinski definition) is 20. The van der Waals surface area contributed by atoms with E-state index in [4.69, 9.17) is 22.6 Å². The van der Waals surface area contributed by atoms with Gasteiger partial charge in [0.15, 0.2) is 5.96 Å². The van der Waals surface area contributed by atoms with Crippen molar-refractivity contribution >= 4 is 99.6 Å². The van der Waals surface area contributed by atoms with Crippen molar-refractivity contribution in [2.24, 2.45) is 23.1 Å². The molecule has 0 radical (unpaired) electrons. The zero-order valence-corrected chi connectivity index (χ0v) is 58.3. The zero-order valence-electron chi connectivity index (χ0n) is 58.3. The number of benzene rings is 3. The molecule has 0 fully saturated rings. The fourth-order valence-electron chi connectivity index (χ4n) is 11.3. The summed E-state index contributed by atoms with van der Waals surface area (Å²) in [4.78, 5) is 196. The number of fused-ring (bicyclic) bond motifs is 3. The van der Waals surface area contributed by atoms with Crippen molar-refractivity contribution in [2.45, 2.75) is 178 Å². The van der Waals surface area contributed by atoms with Crippen LogP contribution in [0.5, 0.6) is 5.75 Å². The summed E-state index contributed by atoms with van der Waals surface area (Å²) in [5, 5.41) is 76.9. The Balaban J connectivity index is 1.29. The number of aryl methyl sites for hydroxylation is 1. The fraction of sp³-hybridized carbons (Fsp3) is 0.456. The topological polar surface area (TPSA) is 592 Å². The predicted molar refractivity (Wildman–Crippen MR) is 375 cm³/mol. The number of H-pyrrole nitrogens is 1. The van der Waals surface area contributed by atoms with Crippen LogP contribution in [0.25, 0.3) is 10.9 Å². The highest BCUT2D eigenvalue weighted by atomic mass is 16.4. The van der Waals surface area contributed by atoms with Crippen LogP contribution in [0, 0.1) is 11.3 Å². The number of aromatic nitrogens is 4. The molecule has 37 nitrogen and oxygen atoms in total. The number of guanidine groups is 1. The number of rotatable bonds is 31. The van der Waals surface area contributed by atoms with Gasteiger partial charge >= 0.3 is 5.97 Å². The molecule has 0 saturated carbocycles. The largest absolute Gasteiger partial charge is 0.508 e. The van der Waals surface area contributed by atoms with Crippen LogP contribution >= 0.6 is 0 Å². The summed E-state index contributed by atoms with van der Waals surface area (Å²) >= 11 is 0. The molecule has 1 aliphatic heterocycles. The number of nitrogens with one attached hydrogen (secondary N) is 14. The van der Waals surface area contributed by atoms with E-state index < -0.39 is 193 Å². The SMILES string of the molecule is CC(=O)N[C@@H](CO)C(=O)N[C@@H](Cc1c[nH]c2ccccc12)C(=O)N[C@@H](CCCNC(=N)N)C(=O)N[C@@H](CCC(N)=O)C(=O)N[C@@H](C)C(=O)N[C@H]1Cc2cn(nn2)CCCC[C@@H](C(=O)N[C@@H](Cc2ccc(O)cc2)C(N)=O)NC(=O)[C@H](CC(=O)O)NC(=O)[C@H](C(C)C)NC(=O)[C@H](Cc2ccccc2)NC1=O. The van der Waals surface area contributed by atoms with Crippen molar-refractivity contribution in [3.63, 3.8) is 0 Å². The van der Waals surface area contributed by atoms with E-state index in [2.05, 4.69) is 79.1 Å². The monoisotopic (exact) mass is 1460 g/mol. The molecule has 0 aliphatic carbocycles. The Morgan fingerprint density at radius 2 is 1.30 bits per heavy atom. The first-order valence-corrected chi connectivity index (χ1v) is 33.9. The minimum absolute atomic E-state index is 0.00525. The van der Waals surface area contributed by atoms with E-state index in [0.29, 0.717) is 27.6 Å². The summed E-state index contributed by atoms with van der Waals surface area (Å²) in [7, 11) is 0. The van der Waals surface area contributed by atoms with Gasteiger partial charge < -0.3 is 101 Å². The maximum Gasteiger partial charge on any atom is 0.305 e. The molecule has 0 spiro atoms. The molecule has 3 aromatic carbocycles. The molecule has 6 rings (SSSR count). The molecular weight excluding hydrogens is 1370 g/mol. The highest BCUT2D eigenvalue weighted by molar-refractivity contribution is 6.00. The predicted octanol–water partition coefficient (Wildman–Crippen LogP) is -4.57. The van der Waals surface area contributed by atoms with Crippen molar-refractivity contribution in [3.05, 3.63) is 114 Å². The first-order chi connectivity index (χ1) is 49.9. The standard InChI is InChI=1S/C68H92N20O17/c1-35(2)56-67(105)84-52(31-55(93)94)64(102)77-45(61(99)80-48(57(70)95)27-39-19-21-42(91)22-20-39)17-10-11-26-88-33-41(86-87-88)30-51(63(101)82-49(65(103)85-56)28-38-13-6-5-7-14-38)81-58(96)36(3)75-59(97)47(23-24-54(69)92)79-60(98)46(18-12-25-73-68(71)72)78-62(100)50(83-66(104)53(34-89)76-37(4)90)29-40-32-74-44-16-9-8-15-43(40)44/h5-9,13-16,19-22,32-33,35-36,45-53,56,74,89,91H,10-12,17-18,23-31,34H2,1-4H3,(H2,69,92)(H2,70,95)(H,75,97)(H,76,90)(H,77,102)(H,78,100)(H,79,98)(H,80,99)(H,81,96)(H,82,101)(H,83,104)(H,84,105)(H,85,103)(H,93,94)(H4,71,72,73)/t36-,45-,46-,47-,48-,49-,50-,51-,52-,53-,56-/m0/s1. The van der Waals surface area contributed by atoms with Crippen LogP contribution in [0.4, 0.5) is 0 Å². The molecule has 566 valence electrons. The number of carboxylic acid groups (broad SMARTS) is 1. The highest BCUT2D eigenvalue weighted by Gasteiger charge is 2.38. The van der Waals surface area contributed by atoms with Gasteiger partial charge in [-0.3, -0.25) is 77.2 Å². The summed E-state index contributed by atoms with van der Waals surface area (Å²) in [5.74, 6) is -15.4. The van der Waals surface area contributed by atoms with Crippen molar-refractivity contribution in [1.82, 2.24) is 83.8 Å². The van der Waals surface area contributed by atoms with Crippen LogP contribution in [-0.4, -0.2) is 204 Å². The van der Waals surface area contributed by atoms with Gasteiger partial charge in [-0.1, -0.05) is 79.7 Å². The Labute approximate surface area is 602 Å². The number of aliphatic hydroxyl groups is 1. The number of hydrogen-bond acceptors (Lipinski definition) is 19. The lowest BCUT2D eigenvalue weighted by Crippen LogP contribution is -2.61. The minimum atomic E-state index is -1.87. The van der Waals surface area contributed by atoms with E-state index in [0.717, 1.165) is 6.92 Å². The number of nitrogens with zero attached hydrogens (tertiary/aromatic N) is 3. The van der Waals surface area contributed by atoms with E-state index in [1.54, 1.807) is 60.8 Å². The molecular formula is C68H92N20O17. The zero-order chi connectivity index (χ0) is 77.0. The van der Waals surface area contributed by atoms with Crippen LogP contribution in [0.3, 0.4) is 0 Å². The number of carbonyl (C=O) groups excluding carboxylic acids is 13. The molecule has 1 aliphatic rings. The van der Waals surface area contributed by atoms with Gasteiger partial charge in [0.2, 0.25) is 76.8 Å². The molecule has 11 atom stereocenters. The number of aliphatic hydroxyl groups excluding tert-OH is 1. The number of carbonyl (C=O) groups is 14. The lowest BCUT2D eigenvalue weighted by Gasteiger charge is -2.29. The lowest BCUT2D eigenvalue weighted by atomic mass is 9.99. The Kier molecular flexibility index (Phi) is 31.2. The normalized spacial score (nSPS) is 18.5. The number of carboxylic acids is 1. The van der Waals surface area contributed by atoms with Crippen molar-refractivity contribution in [2.75, 3.05) is 13.2 Å². The van der Waals surface area contributed by atoms with Gasteiger partial charge in [-0.2, -0.15) is 0 Å². The van der Waals surface area contributed by atoms with Crippen molar-refractivity contribution in [1.29, 1.82) is 5.41 Å². The number of para-hydroxylation sites is 1. The van der Waals surface area contributed by atoms with Gasteiger partial charge in [0, 0.05) is 75.4 Å². The Morgan fingerprint density at radius 1 is 0.667 bits per heavy atom. The van der Waals surface area contributed by atoms with E-state index >= 15 is 0 Å². The Morgan fingerprint density at radius 3 is 1.94 bits per heavy atom. The first-order valence-electron chi connectivity index (χ1n) is 33.9. The molecule has 0 unspecified atom stereocenters. The summed E-state index contributed by atoms with van der Waals surface area (Å²) in [5.41, 5.74) is 19.1. The van der Waals surface area contributed by atoms with E-state index in [9.17, 15) is 82.4 Å². The molecule has 3 heterocycles. The first kappa shape index (κ1) is 81.9. The number of nitrogens with two attached hydrogens (primary N) is 3. The van der Waals surface area contributed by atoms with Gasteiger partial charge in [0.25, 0.3) is 0 Å². The van der Waals surface area contributed by atoms with Gasteiger partial charge in [-0.15, -0.1) is 5.10 Å². The van der Waals surface area contributed by atoms with Crippen LogP contribution < -0.4 is 81.0 Å². The number of aromatic amines is 1. The summed E-state index contributed by atoms with van der Waals surface area (Å²) in [6, 6.07) is 3.80. The summed E-state index contributed by atoms with van der Waals surface area (Å²) in [6.45, 7) is 4.62. The third kappa shape index (κ3) is 26.4. The Bertz CT molecular complexity index is 3920. The van der Waals surface area contributed by atoms with Crippen LogP contribution in [-0.2, 0) is 99.4 Å². The summed E-state index contributed by atoms with van der Waals surface area (Å²) in [6.07, 6.45) is 0.0671. The molecule has 2 bridgehead atoms. The Hall–Kier alpha value is -12.1. The number of amides is 13. The van der Waals surface area contributed by atoms with Crippen molar-refractivity contribution in [3.8, 4) is 5.75 Å². The number of primary amides is 2. The molecule has 37 heteroatoms. The second-order valence-electron chi connectivity index (χ2n) is 25.7. The molecule has 5 aromatic rings. The highest BCUT2D eigenvalue weighted by Crippen LogP contribution is 2.21.